The lowest BCUT2D eigenvalue weighted by Crippen LogP contribution is -2.29. The largest absolute Gasteiger partial charge is 0.494 e. The number of hydrogen-bond donors (Lipinski definition) is 3. The SMILES string of the molecule is CCOc1ccc(Nc2cc(C)nc(NC(=S)NCc3ccccn3)n2)cc1. The topological polar surface area (TPSA) is 84.0 Å². The highest BCUT2D eigenvalue weighted by molar-refractivity contribution is 7.80. The third-order valence-corrected chi connectivity index (χ3v) is 3.92. The van der Waals surface area contributed by atoms with Crippen molar-refractivity contribution in [3.05, 3.63) is 66.1 Å². The van der Waals surface area contributed by atoms with Gasteiger partial charge in [-0.2, -0.15) is 4.98 Å². The van der Waals surface area contributed by atoms with Crippen molar-refractivity contribution in [2.24, 2.45) is 0 Å². The minimum atomic E-state index is 0.423. The maximum Gasteiger partial charge on any atom is 0.231 e. The highest BCUT2D eigenvalue weighted by atomic mass is 32.1. The Labute approximate surface area is 169 Å². The first-order valence-corrected chi connectivity index (χ1v) is 9.33. The Kier molecular flexibility index (Phi) is 6.69. The molecule has 3 N–H and O–H groups in total. The van der Waals surface area contributed by atoms with Crippen LogP contribution in [0.25, 0.3) is 0 Å². The molecule has 0 saturated heterocycles. The third kappa shape index (κ3) is 5.88. The summed E-state index contributed by atoms with van der Waals surface area (Å²) in [5.74, 6) is 1.93. The van der Waals surface area contributed by atoms with Crippen LogP contribution in [0.3, 0.4) is 0 Å². The summed E-state index contributed by atoms with van der Waals surface area (Å²) in [5, 5.41) is 9.81. The zero-order valence-corrected chi connectivity index (χ0v) is 16.6. The molecule has 3 aromatic rings. The predicted molar refractivity (Wildman–Crippen MR) is 115 cm³/mol. The van der Waals surface area contributed by atoms with E-state index < -0.39 is 0 Å². The van der Waals surface area contributed by atoms with Crippen LogP contribution >= 0.6 is 12.2 Å². The van der Waals surface area contributed by atoms with E-state index in [9.17, 15) is 0 Å². The van der Waals surface area contributed by atoms with Crippen molar-refractivity contribution in [1.29, 1.82) is 0 Å². The second-order valence-electron chi connectivity index (χ2n) is 5.93. The second kappa shape index (κ2) is 9.61. The standard InChI is InChI=1S/C20H22N6OS/c1-3-27-17-9-7-15(8-10-17)24-18-12-14(2)23-19(25-18)26-20(28)22-13-16-6-4-5-11-21-16/h4-12H,3,13H2,1-2H3,(H3,22,23,24,25,26,28). The predicted octanol–water partition coefficient (Wildman–Crippen LogP) is 3.81. The summed E-state index contributed by atoms with van der Waals surface area (Å²) in [6, 6.07) is 15.3. The number of ether oxygens (including phenoxy) is 1. The van der Waals surface area contributed by atoms with Crippen LogP contribution in [-0.4, -0.2) is 26.7 Å². The van der Waals surface area contributed by atoms with Crippen LogP contribution in [-0.2, 0) is 6.54 Å². The molecule has 0 fully saturated rings. The van der Waals surface area contributed by atoms with Gasteiger partial charge in [0.25, 0.3) is 0 Å². The van der Waals surface area contributed by atoms with Crippen molar-refractivity contribution in [1.82, 2.24) is 20.3 Å². The molecule has 0 saturated carbocycles. The Morgan fingerprint density at radius 3 is 2.64 bits per heavy atom. The molecule has 28 heavy (non-hydrogen) atoms. The van der Waals surface area contributed by atoms with Crippen molar-refractivity contribution in [3.8, 4) is 5.75 Å². The normalized spacial score (nSPS) is 10.2. The van der Waals surface area contributed by atoms with E-state index in [4.69, 9.17) is 17.0 Å². The fraction of sp³-hybridized carbons (Fsp3) is 0.200. The van der Waals surface area contributed by atoms with Gasteiger partial charge in [-0.15, -0.1) is 0 Å². The molecule has 1 aromatic carbocycles. The van der Waals surface area contributed by atoms with E-state index in [0.29, 0.717) is 30.0 Å². The number of benzene rings is 1. The van der Waals surface area contributed by atoms with Crippen molar-refractivity contribution in [3.63, 3.8) is 0 Å². The Morgan fingerprint density at radius 1 is 1.11 bits per heavy atom. The van der Waals surface area contributed by atoms with Crippen LogP contribution in [0, 0.1) is 6.92 Å². The van der Waals surface area contributed by atoms with E-state index in [0.717, 1.165) is 22.8 Å². The molecule has 144 valence electrons. The molecule has 0 bridgehead atoms. The van der Waals surface area contributed by atoms with Gasteiger partial charge < -0.3 is 20.7 Å². The van der Waals surface area contributed by atoms with E-state index >= 15 is 0 Å². The molecular formula is C20H22N6OS. The summed E-state index contributed by atoms with van der Waals surface area (Å²) in [7, 11) is 0. The molecule has 0 amide bonds. The third-order valence-electron chi connectivity index (χ3n) is 3.67. The first kappa shape index (κ1) is 19.5. The van der Waals surface area contributed by atoms with Crippen molar-refractivity contribution in [2.75, 3.05) is 17.2 Å². The van der Waals surface area contributed by atoms with E-state index in [2.05, 4.69) is 30.9 Å². The average Bonchev–Trinajstić information content (AvgIpc) is 2.68. The van der Waals surface area contributed by atoms with E-state index in [-0.39, 0.29) is 0 Å². The molecule has 0 aliphatic carbocycles. The van der Waals surface area contributed by atoms with E-state index in [1.165, 1.54) is 0 Å². The molecule has 0 spiro atoms. The van der Waals surface area contributed by atoms with Gasteiger partial charge in [-0.05, 0) is 62.5 Å². The van der Waals surface area contributed by atoms with Crippen LogP contribution in [0.4, 0.5) is 17.5 Å². The first-order chi connectivity index (χ1) is 13.6. The maximum atomic E-state index is 5.46. The monoisotopic (exact) mass is 394 g/mol. The summed E-state index contributed by atoms with van der Waals surface area (Å²) in [5.41, 5.74) is 2.62. The molecule has 0 aliphatic heterocycles. The van der Waals surface area contributed by atoms with Crippen LogP contribution in [0.1, 0.15) is 18.3 Å². The zero-order chi connectivity index (χ0) is 19.8. The van der Waals surface area contributed by atoms with Gasteiger partial charge in [-0.25, -0.2) is 4.98 Å². The zero-order valence-electron chi connectivity index (χ0n) is 15.8. The molecule has 8 heteroatoms. The maximum absolute atomic E-state index is 5.46. The number of rotatable bonds is 7. The first-order valence-electron chi connectivity index (χ1n) is 8.92. The van der Waals surface area contributed by atoms with E-state index in [1.807, 2.05) is 62.4 Å². The molecule has 7 nitrogen and oxygen atoms in total. The molecule has 0 unspecified atom stereocenters. The Hall–Kier alpha value is -3.26. The highest BCUT2D eigenvalue weighted by Crippen LogP contribution is 2.20. The smallest absolute Gasteiger partial charge is 0.231 e. The number of aryl methyl sites for hydroxylation is 1. The van der Waals surface area contributed by atoms with Crippen molar-refractivity contribution >= 4 is 34.8 Å². The number of nitrogens with one attached hydrogen (secondary N) is 3. The number of anilines is 3. The van der Waals surface area contributed by atoms with Crippen LogP contribution < -0.4 is 20.7 Å². The fourth-order valence-electron chi connectivity index (χ4n) is 2.46. The van der Waals surface area contributed by atoms with Crippen LogP contribution in [0.15, 0.2) is 54.7 Å². The number of thiocarbonyl (C=S) groups is 1. The summed E-state index contributed by atoms with van der Waals surface area (Å²) in [4.78, 5) is 13.1. The lowest BCUT2D eigenvalue weighted by Gasteiger charge is -2.12. The van der Waals surface area contributed by atoms with Gasteiger partial charge in [-0.3, -0.25) is 4.98 Å². The molecule has 0 radical (unpaired) electrons. The molecule has 0 atom stereocenters. The summed E-state index contributed by atoms with van der Waals surface area (Å²) >= 11 is 5.33. The summed E-state index contributed by atoms with van der Waals surface area (Å²) in [6.07, 6.45) is 1.75. The van der Waals surface area contributed by atoms with Gasteiger partial charge in [0.15, 0.2) is 5.11 Å². The lowest BCUT2D eigenvalue weighted by atomic mass is 10.3. The van der Waals surface area contributed by atoms with Crippen molar-refractivity contribution < 1.29 is 4.74 Å². The Bertz CT molecular complexity index is 918. The van der Waals surface area contributed by atoms with Crippen LogP contribution in [0.5, 0.6) is 5.75 Å². The van der Waals surface area contributed by atoms with Gasteiger partial charge in [0.1, 0.15) is 11.6 Å². The molecule has 0 aliphatic rings. The summed E-state index contributed by atoms with van der Waals surface area (Å²) < 4.78 is 5.46. The molecule has 3 rings (SSSR count). The van der Waals surface area contributed by atoms with Crippen molar-refractivity contribution in [2.45, 2.75) is 20.4 Å². The lowest BCUT2D eigenvalue weighted by molar-refractivity contribution is 0.340. The molecule has 2 aromatic heterocycles. The van der Waals surface area contributed by atoms with Gasteiger partial charge >= 0.3 is 0 Å². The van der Waals surface area contributed by atoms with Crippen LogP contribution in [0.2, 0.25) is 0 Å². The number of pyridine rings is 1. The number of aromatic nitrogens is 3. The number of nitrogens with zero attached hydrogens (tertiary/aromatic N) is 3. The number of hydrogen-bond acceptors (Lipinski definition) is 6. The average molecular weight is 395 g/mol. The fourth-order valence-corrected chi connectivity index (χ4v) is 2.62. The quantitative estimate of drug-likeness (QED) is 0.522. The Balaban J connectivity index is 1.61. The van der Waals surface area contributed by atoms with Gasteiger partial charge in [0.2, 0.25) is 5.95 Å². The van der Waals surface area contributed by atoms with Gasteiger partial charge in [0, 0.05) is 23.6 Å². The molecular weight excluding hydrogens is 372 g/mol. The highest BCUT2D eigenvalue weighted by Gasteiger charge is 2.06. The second-order valence-corrected chi connectivity index (χ2v) is 6.34. The Morgan fingerprint density at radius 2 is 1.93 bits per heavy atom. The van der Waals surface area contributed by atoms with Gasteiger partial charge in [0.05, 0.1) is 18.8 Å². The van der Waals surface area contributed by atoms with E-state index in [1.54, 1.807) is 6.20 Å². The van der Waals surface area contributed by atoms with Gasteiger partial charge in [-0.1, -0.05) is 6.07 Å². The minimum Gasteiger partial charge on any atom is -0.494 e. The molecule has 2 heterocycles. The minimum absolute atomic E-state index is 0.423. The summed E-state index contributed by atoms with van der Waals surface area (Å²) in [6.45, 7) is 5.03.